The molecule has 0 spiro atoms. The molecule has 1 saturated heterocycles. The molecule has 2 amide bonds. The zero-order chi connectivity index (χ0) is 20.7. The van der Waals surface area contributed by atoms with Gasteiger partial charge in [-0.3, -0.25) is 9.59 Å². The van der Waals surface area contributed by atoms with Crippen LogP contribution in [0.3, 0.4) is 0 Å². The summed E-state index contributed by atoms with van der Waals surface area (Å²) in [4.78, 5) is 26.1. The van der Waals surface area contributed by atoms with Gasteiger partial charge in [0.2, 0.25) is 31.9 Å². The number of halogens is 1. The van der Waals surface area contributed by atoms with Crippen molar-refractivity contribution in [3.8, 4) is 0 Å². The Balaban J connectivity index is 2.09. The number of primary sulfonamides is 1. The maximum Gasteiger partial charge on any atom is 0.245 e. The molecule has 10 nitrogen and oxygen atoms in total. The number of hydrogen-bond acceptors (Lipinski definition) is 6. The first-order valence-electron chi connectivity index (χ1n) is 8.36. The molecule has 2 aliphatic rings. The Morgan fingerprint density at radius 1 is 1.22 bits per heavy atom. The van der Waals surface area contributed by atoms with Crippen LogP contribution in [0.5, 0.6) is 0 Å². The molecular weight excluding hydrogens is 403 g/mol. The van der Waals surface area contributed by atoms with Crippen molar-refractivity contribution < 1.29 is 30.8 Å². The Morgan fingerprint density at radius 2 is 1.81 bits per heavy atom. The first kappa shape index (κ1) is 22.0. The van der Waals surface area contributed by atoms with Gasteiger partial charge in [-0.1, -0.05) is 0 Å². The van der Waals surface area contributed by atoms with Gasteiger partial charge < -0.3 is 10.2 Å². The molecule has 13 heteroatoms. The number of carbonyl (C=O) groups excluding carboxylic acids is 2. The van der Waals surface area contributed by atoms with Crippen LogP contribution in [0.1, 0.15) is 25.7 Å². The second-order valence-corrected chi connectivity index (χ2v) is 11.3. The number of nitrogens with one attached hydrogen (secondary N) is 1. The van der Waals surface area contributed by atoms with Gasteiger partial charge in [0, 0.05) is 20.1 Å². The number of rotatable bonds is 7. The number of nitrogens with two attached hydrogens (primary N) is 1. The molecule has 1 aliphatic carbocycles. The molecule has 0 aromatic heterocycles. The smallest absolute Gasteiger partial charge is 0.245 e. The van der Waals surface area contributed by atoms with Gasteiger partial charge in [0.05, 0.1) is 18.3 Å². The molecule has 0 radical (unpaired) electrons. The van der Waals surface area contributed by atoms with Crippen LogP contribution in [-0.4, -0.2) is 87.8 Å². The third kappa shape index (κ3) is 4.25. The number of hydrogen-bond donors (Lipinski definition) is 2. The van der Waals surface area contributed by atoms with Gasteiger partial charge in [-0.25, -0.2) is 26.4 Å². The van der Waals surface area contributed by atoms with Crippen LogP contribution >= 0.6 is 0 Å². The molecule has 1 aliphatic heterocycles. The van der Waals surface area contributed by atoms with E-state index in [0.717, 1.165) is 10.6 Å². The summed E-state index contributed by atoms with van der Waals surface area (Å²) < 4.78 is 59.4. The minimum Gasteiger partial charge on any atom is -0.345 e. The summed E-state index contributed by atoms with van der Waals surface area (Å²) in [5, 5.41) is 7.70. The third-order valence-electron chi connectivity index (χ3n) is 5.33. The van der Waals surface area contributed by atoms with Crippen LogP contribution in [-0.2, 0) is 29.6 Å². The molecule has 0 aromatic rings. The monoisotopic (exact) mass is 428 g/mol. The van der Waals surface area contributed by atoms with E-state index < -0.39 is 55.4 Å². The fourth-order valence-electron chi connectivity index (χ4n) is 3.35. The van der Waals surface area contributed by atoms with Crippen molar-refractivity contribution in [2.24, 2.45) is 5.14 Å². The van der Waals surface area contributed by atoms with Crippen molar-refractivity contribution in [1.82, 2.24) is 14.5 Å². The SMILES string of the molecule is CN(CC(=O)NC1(CF)CCN(C(=O)C2(S(N)(=O)=O)CCC2)C1)S(C)(=O)=O. The Hall–Kier alpha value is -1.31. The molecular formula is C14H25FN4O6S2. The quantitative estimate of drug-likeness (QED) is 0.486. The lowest BCUT2D eigenvalue weighted by molar-refractivity contribution is -0.136. The molecule has 0 aromatic carbocycles. The first-order chi connectivity index (χ1) is 12.3. The number of amides is 2. The van der Waals surface area contributed by atoms with E-state index in [1.807, 2.05) is 0 Å². The predicted molar refractivity (Wildman–Crippen MR) is 95.2 cm³/mol. The van der Waals surface area contributed by atoms with Crippen molar-refractivity contribution >= 4 is 31.9 Å². The van der Waals surface area contributed by atoms with Gasteiger partial charge in [0.25, 0.3) is 0 Å². The van der Waals surface area contributed by atoms with E-state index in [0.29, 0.717) is 6.42 Å². The molecule has 1 unspecified atom stereocenters. The maximum atomic E-state index is 13.7. The normalized spacial score (nSPS) is 25.3. The average molecular weight is 429 g/mol. The number of carbonyl (C=O) groups is 2. The van der Waals surface area contributed by atoms with Crippen LogP contribution in [0.25, 0.3) is 0 Å². The summed E-state index contributed by atoms with van der Waals surface area (Å²) in [7, 11) is -6.47. The fourth-order valence-corrected chi connectivity index (χ4v) is 4.93. The summed E-state index contributed by atoms with van der Waals surface area (Å²) >= 11 is 0. The minimum atomic E-state index is -4.11. The van der Waals surface area contributed by atoms with Gasteiger partial charge in [-0.05, 0) is 25.7 Å². The van der Waals surface area contributed by atoms with E-state index in [2.05, 4.69) is 5.32 Å². The summed E-state index contributed by atoms with van der Waals surface area (Å²) in [6.45, 7) is -1.60. The number of alkyl halides is 1. The van der Waals surface area contributed by atoms with E-state index in [1.54, 1.807) is 0 Å². The molecule has 1 atom stereocenters. The molecule has 1 heterocycles. The van der Waals surface area contributed by atoms with E-state index in [9.17, 15) is 30.8 Å². The van der Waals surface area contributed by atoms with E-state index >= 15 is 0 Å². The molecule has 2 fully saturated rings. The van der Waals surface area contributed by atoms with Crippen molar-refractivity contribution in [3.63, 3.8) is 0 Å². The van der Waals surface area contributed by atoms with Gasteiger partial charge in [0.15, 0.2) is 4.75 Å². The summed E-state index contributed by atoms with van der Waals surface area (Å²) in [5.74, 6) is -1.38. The second kappa shape index (κ2) is 7.26. The van der Waals surface area contributed by atoms with Crippen LogP contribution in [0.15, 0.2) is 0 Å². The first-order valence-corrected chi connectivity index (χ1v) is 11.8. The van der Waals surface area contributed by atoms with E-state index in [-0.39, 0.29) is 32.4 Å². The van der Waals surface area contributed by atoms with Crippen molar-refractivity contribution in [2.45, 2.75) is 36.0 Å². The largest absolute Gasteiger partial charge is 0.345 e. The van der Waals surface area contributed by atoms with Gasteiger partial charge >= 0.3 is 0 Å². The Labute approximate surface area is 158 Å². The number of likely N-dealkylation sites (N-methyl/N-ethyl adjacent to an activating group) is 1. The molecule has 27 heavy (non-hydrogen) atoms. The molecule has 156 valence electrons. The molecule has 3 N–H and O–H groups in total. The number of sulfonamides is 2. The Bertz CT molecular complexity index is 827. The minimum absolute atomic E-state index is 0.0716. The number of nitrogens with zero attached hydrogens (tertiary/aromatic N) is 2. The highest BCUT2D eigenvalue weighted by Gasteiger charge is 2.57. The highest BCUT2D eigenvalue weighted by atomic mass is 32.2. The van der Waals surface area contributed by atoms with Crippen LogP contribution in [0, 0.1) is 0 Å². The topological polar surface area (TPSA) is 147 Å². The number of likely N-dealkylation sites (tertiary alicyclic amines) is 1. The Kier molecular flexibility index (Phi) is 5.91. The zero-order valence-corrected chi connectivity index (χ0v) is 16.9. The van der Waals surface area contributed by atoms with Crippen molar-refractivity contribution in [2.75, 3.05) is 39.6 Å². The standard InChI is InChI=1S/C14H25FN4O6S2/c1-18(26(2,22)23)8-11(20)17-13(9-15)6-7-19(10-13)12(21)14(4-3-5-14)27(16,24)25/h3-10H2,1-2H3,(H,17,20)(H2,16,24,25). The molecule has 2 rings (SSSR count). The second-order valence-electron chi connectivity index (χ2n) is 7.35. The van der Waals surface area contributed by atoms with Gasteiger partial charge in [-0.15, -0.1) is 0 Å². The van der Waals surface area contributed by atoms with Crippen molar-refractivity contribution in [3.05, 3.63) is 0 Å². The predicted octanol–water partition coefficient (Wildman–Crippen LogP) is -1.85. The Morgan fingerprint density at radius 3 is 2.22 bits per heavy atom. The lowest BCUT2D eigenvalue weighted by atomic mass is 9.83. The van der Waals surface area contributed by atoms with Crippen LogP contribution in [0.4, 0.5) is 4.39 Å². The maximum absolute atomic E-state index is 13.7. The fraction of sp³-hybridized carbons (Fsp3) is 0.857. The molecule has 0 bridgehead atoms. The van der Waals surface area contributed by atoms with Gasteiger partial charge in [0.1, 0.15) is 6.67 Å². The van der Waals surface area contributed by atoms with Crippen molar-refractivity contribution in [1.29, 1.82) is 0 Å². The van der Waals surface area contributed by atoms with Crippen LogP contribution < -0.4 is 10.5 Å². The van der Waals surface area contributed by atoms with E-state index in [4.69, 9.17) is 5.14 Å². The highest BCUT2D eigenvalue weighted by molar-refractivity contribution is 7.91. The summed E-state index contributed by atoms with van der Waals surface area (Å²) in [6.07, 6.45) is 1.82. The van der Waals surface area contributed by atoms with E-state index in [1.165, 1.54) is 11.9 Å². The zero-order valence-electron chi connectivity index (χ0n) is 15.3. The summed E-state index contributed by atoms with van der Waals surface area (Å²) in [5.41, 5.74) is -1.38. The third-order valence-corrected chi connectivity index (χ3v) is 8.26. The van der Waals surface area contributed by atoms with Crippen LogP contribution in [0.2, 0.25) is 0 Å². The lowest BCUT2D eigenvalue weighted by Crippen LogP contribution is -2.61. The average Bonchev–Trinajstić information content (AvgIpc) is 2.87. The summed E-state index contributed by atoms with van der Waals surface area (Å²) in [6, 6.07) is 0. The highest BCUT2D eigenvalue weighted by Crippen LogP contribution is 2.41. The van der Waals surface area contributed by atoms with Gasteiger partial charge in [-0.2, -0.15) is 4.31 Å². The lowest BCUT2D eigenvalue weighted by Gasteiger charge is -2.40. The molecule has 1 saturated carbocycles.